The van der Waals surface area contributed by atoms with Gasteiger partial charge in [-0.25, -0.2) is 0 Å². The lowest BCUT2D eigenvalue weighted by atomic mass is 10.3. The molecule has 3 aromatic heterocycles. The van der Waals surface area contributed by atoms with E-state index in [4.69, 9.17) is 13.5 Å². The van der Waals surface area contributed by atoms with Crippen LogP contribution in [0.5, 0.6) is 0 Å². The Hall–Kier alpha value is -2.98. The van der Waals surface area contributed by atoms with Crippen LogP contribution in [0.25, 0.3) is 11.6 Å². The Morgan fingerprint density at radius 1 is 1.19 bits per heavy atom. The van der Waals surface area contributed by atoms with E-state index in [-0.39, 0.29) is 5.91 Å². The quantitative estimate of drug-likeness (QED) is 0.685. The number of carbonyl (C=O) groups is 1. The fourth-order valence-corrected chi connectivity index (χ4v) is 2.93. The fraction of sp³-hybridized carbons (Fsp3) is 0.412. The summed E-state index contributed by atoms with van der Waals surface area (Å²) in [4.78, 5) is 20.8. The molecular weight excluding hydrogens is 352 g/mol. The second-order valence-electron chi connectivity index (χ2n) is 6.41. The maximum Gasteiger partial charge on any atom is 0.241 e. The molecule has 0 spiro atoms. The third-order valence-electron chi connectivity index (χ3n) is 4.30. The highest BCUT2D eigenvalue weighted by atomic mass is 16.5. The summed E-state index contributed by atoms with van der Waals surface area (Å²) in [5.74, 6) is 2.59. The van der Waals surface area contributed by atoms with Crippen molar-refractivity contribution in [3.8, 4) is 11.6 Å². The molecule has 142 valence electrons. The van der Waals surface area contributed by atoms with E-state index < -0.39 is 0 Å². The lowest BCUT2D eigenvalue weighted by molar-refractivity contribution is -0.117. The van der Waals surface area contributed by atoms with Crippen molar-refractivity contribution in [2.24, 2.45) is 0 Å². The normalized spacial score (nSPS) is 15.9. The standard InChI is InChI=1S/C17H20N6O4/c1-12-9-14(20-26-12)18-15(24)10-22-4-6-23(7-5-22)11-16-19-17(21-27-16)13-3-2-8-25-13/h2-3,8-9H,4-7,10-11H2,1H3,(H,18,20,24). The average molecular weight is 372 g/mol. The Bertz CT molecular complexity index is 879. The van der Waals surface area contributed by atoms with Gasteiger partial charge in [0.15, 0.2) is 11.6 Å². The second-order valence-corrected chi connectivity index (χ2v) is 6.41. The minimum absolute atomic E-state index is 0.100. The molecule has 27 heavy (non-hydrogen) atoms. The third-order valence-corrected chi connectivity index (χ3v) is 4.30. The summed E-state index contributed by atoms with van der Waals surface area (Å²) in [6.45, 7) is 5.87. The Balaban J connectivity index is 1.22. The van der Waals surface area contributed by atoms with Crippen LogP contribution in [0.15, 0.2) is 37.9 Å². The average Bonchev–Trinajstić information content (AvgIpc) is 3.39. The molecule has 10 nitrogen and oxygen atoms in total. The van der Waals surface area contributed by atoms with Gasteiger partial charge in [-0.3, -0.25) is 14.6 Å². The molecule has 1 N–H and O–H groups in total. The van der Waals surface area contributed by atoms with Crippen molar-refractivity contribution in [3.63, 3.8) is 0 Å². The van der Waals surface area contributed by atoms with Crippen molar-refractivity contribution in [2.75, 3.05) is 38.0 Å². The molecular formula is C17H20N6O4. The summed E-state index contributed by atoms with van der Waals surface area (Å²) in [6.07, 6.45) is 1.57. The predicted molar refractivity (Wildman–Crippen MR) is 93.6 cm³/mol. The van der Waals surface area contributed by atoms with Gasteiger partial charge < -0.3 is 18.8 Å². The van der Waals surface area contributed by atoms with Crippen molar-refractivity contribution in [1.29, 1.82) is 0 Å². The van der Waals surface area contributed by atoms with Gasteiger partial charge >= 0.3 is 0 Å². The number of furan rings is 1. The van der Waals surface area contributed by atoms with E-state index in [1.807, 2.05) is 0 Å². The molecule has 4 heterocycles. The summed E-state index contributed by atoms with van der Waals surface area (Å²) in [5, 5.41) is 10.4. The van der Waals surface area contributed by atoms with Gasteiger partial charge in [0.05, 0.1) is 19.4 Å². The van der Waals surface area contributed by atoms with Gasteiger partial charge in [-0.15, -0.1) is 0 Å². The summed E-state index contributed by atoms with van der Waals surface area (Å²) < 4.78 is 15.5. The van der Waals surface area contributed by atoms with Crippen molar-refractivity contribution in [1.82, 2.24) is 25.1 Å². The Labute approximate surface area is 155 Å². The topological polar surface area (TPSA) is 114 Å². The molecule has 0 atom stereocenters. The van der Waals surface area contributed by atoms with Gasteiger partial charge in [0.2, 0.25) is 17.6 Å². The van der Waals surface area contributed by atoms with Crippen LogP contribution in [0.3, 0.4) is 0 Å². The van der Waals surface area contributed by atoms with Gasteiger partial charge in [0.25, 0.3) is 0 Å². The molecule has 4 rings (SSSR count). The maximum absolute atomic E-state index is 12.1. The number of nitrogens with zero attached hydrogens (tertiary/aromatic N) is 5. The number of carbonyl (C=O) groups excluding carboxylic acids is 1. The molecule has 10 heteroatoms. The van der Waals surface area contributed by atoms with Crippen LogP contribution in [0.2, 0.25) is 0 Å². The highest BCUT2D eigenvalue weighted by Gasteiger charge is 2.21. The number of amides is 1. The lowest BCUT2D eigenvalue weighted by Crippen LogP contribution is -2.48. The zero-order valence-electron chi connectivity index (χ0n) is 14.9. The number of aryl methyl sites for hydroxylation is 1. The number of rotatable bonds is 6. The first-order chi connectivity index (χ1) is 13.2. The summed E-state index contributed by atoms with van der Waals surface area (Å²) >= 11 is 0. The maximum atomic E-state index is 12.1. The molecule has 1 saturated heterocycles. The van der Waals surface area contributed by atoms with E-state index in [0.717, 1.165) is 26.2 Å². The van der Waals surface area contributed by atoms with Crippen LogP contribution in [0, 0.1) is 6.92 Å². The van der Waals surface area contributed by atoms with E-state index in [9.17, 15) is 4.79 Å². The summed E-state index contributed by atoms with van der Waals surface area (Å²) in [6, 6.07) is 5.26. The van der Waals surface area contributed by atoms with Gasteiger partial charge in [-0.2, -0.15) is 4.98 Å². The highest BCUT2D eigenvalue weighted by molar-refractivity contribution is 5.91. The first-order valence-electron chi connectivity index (χ1n) is 8.70. The summed E-state index contributed by atoms with van der Waals surface area (Å²) in [5.41, 5.74) is 0. The number of hydrogen-bond donors (Lipinski definition) is 1. The minimum atomic E-state index is -0.100. The van der Waals surface area contributed by atoms with E-state index in [1.165, 1.54) is 0 Å². The number of anilines is 1. The van der Waals surface area contributed by atoms with E-state index in [0.29, 0.717) is 42.1 Å². The van der Waals surface area contributed by atoms with Gasteiger partial charge in [-0.1, -0.05) is 10.3 Å². The van der Waals surface area contributed by atoms with Gasteiger partial charge in [-0.05, 0) is 19.1 Å². The first-order valence-corrected chi connectivity index (χ1v) is 8.70. The summed E-state index contributed by atoms with van der Waals surface area (Å²) in [7, 11) is 0. The van der Waals surface area contributed by atoms with E-state index >= 15 is 0 Å². The Morgan fingerprint density at radius 2 is 2.00 bits per heavy atom. The van der Waals surface area contributed by atoms with Crippen molar-refractivity contribution < 1.29 is 18.3 Å². The molecule has 1 aliphatic heterocycles. The number of nitrogens with one attached hydrogen (secondary N) is 1. The van der Waals surface area contributed by atoms with Crippen molar-refractivity contribution in [3.05, 3.63) is 36.1 Å². The van der Waals surface area contributed by atoms with Crippen molar-refractivity contribution >= 4 is 11.7 Å². The largest absolute Gasteiger partial charge is 0.461 e. The molecule has 0 unspecified atom stereocenters. The molecule has 0 aliphatic carbocycles. The van der Waals surface area contributed by atoms with Crippen LogP contribution >= 0.6 is 0 Å². The van der Waals surface area contributed by atoms with Gasteiger partial charge in [0, 0.05) is 32.2 Å². The molecule has 0 radical (unpaired) electrons. The molecule has 0 bridgehead atoms. The molecule has 1 amide bonds. The molecule has 3 aromatic rings. The van der Waals surface area contributed by atoms with Gasteiger partial charge in [0.1, 0.15) is 5.76 Å². The molecule has 0 saturated carbocycles. The first kappa shape index (κ1) is 17.4. The van der Waals surface area contributed by atoms with Crippen LogP contribution in [0.1, 0.15) is 11.7 Å². The van der Waals surface area contributed by atoms with E-state index in [1.54, 1.807) is 31.4 Å². The van der Waals surface area contributed by atoms with Crippen LogP contribution in [-0.4, -0.2) is 63.7 Å². The second kappa shape index (κ2) is 7.72. The molecule has 1 aliphatic rings. The van der Waals surface area contributed by atoms with Crippen molar-refractivity contribution in [2.45, 2.75) is 13.5 Å². The Kier molecular flexibility index (Phi) is 4.99. The minimum Gasteiger partial charge on any atom is -0.461 e. The smallest absolute Gasteiger partial charge is 0.241 e. The number of hydrogen-bond acceptors (Lipinski definition) is 9. The highest BCUT2D eigenvalue weighted by Crippen LogP contribution is 2.17. The zero-order valence-corrected chi connectivity index (χ0v) is 14.9. The zero-order chi connectivity index (χ0) is 18.6. The predicted octanol–water partition coefficient (Wildman–Crippen LogP) is 1.38. The fourth-order valence-electron chi connectivity index (χ4n) is 2.93. The van der Waals surface area contributed by atoms with Crippen LogP contribution < -0.4 is 5.32 Å². The number of aromatic nitrogens is 3. The monoisotopic (exact) mass is 372 g/mol. The third kappa shape index (κ3) is 4.41. The molecule has 0 aromatic carbocycles. The SMILES string of the molecule is Cc1cc(NC(=O)CN2CCN(Cc3nc(-c4ccco4)no3)CC2)no1. The lowest BCUT2D eigenvalue weighted by Gasteiger charge is -2.33. The van der Waals surface area contributed by atoms with Crippen LogP contribution in [-0.2, 0) is 11.3 Å². The van der Waals surface area contributed by atoms with E-state index in [2.05, 4.69) is 30.4 Å². The van der Waals surface area contributed by atoms with Crippen LogP contribution in [0.4, 0.5) is 5.82 Å². The Morgan fingerprint density at radius 3 is 2.70 bits per heavy atom. The number of piperazine rings is 1. The molecule has 1 fully saturated rings.